The maximum atomic E-state index is 14.3. The number of para-hydroxylation sites is 2. The summed E-state index contributed by atoms with van der Waals surface area (Å²) in [7, 11) is -2.15. The summed E-state index contributed by atoms with van der Waals surface area (Å²) in [5, 5.41) is 0. The van der Waals surface area contributed by atoms with E-state index in [1.54, 1.807) is 11.6 Å². The number of sulfonamides is 1. The number of fused-ring (bicyclic) bond motifs is 1. The largest absolute Gasteiger partial charge is 0.379 e. The number of aryl methyl sites for hydroxylation is 1. The van der Waals surface area contributed by atoms with Crippen molar-refractivity contribution in [2.24, 2.45) is 7.05 Å². The first-order valence-corrected chi connectivity index (χ1v) is 11.6. The molecule has 0 bridgehead atoms. The third-order valence-corrected chi connectivity index (χ3v) is 7.20. The number of hydrogen-bond donors (Lipinski definition) is 2. The highest BCUT2D eigenvalue weighted by atomic mass is 32.2. The van der Waals surface area contributed by atoms with E-state index >= 15 is 0 Å². The number of halogens is 1. The molecule has 10 nitrogen and oxygen atoms in total. The van der Waals surface area contributed by atoms with Gasteiger partial charge in [0.2, 0.25) is 15.9 Å². The Hall–Kier alpha value is -3.35. The van der Waals surface area contributed by atoms with Gasteiger partial charge in [-0.3, -0.25) is 20.4 Å². The molecule has 12 heteroatoms. The maximum absolute atomic E-state index is 14.3. The molecule has 1 aliphatic rings. The van der Waals surface area contributed by atoms with Crippen molar-refractivity contribution in [3.63, 3.8) is 0 Å². The number of carbonyl (C=O) groups is 2. The van der Waals surface area contributed by atoms with E-state index in [1.165, 1.54) is 4.31 Å². The molecule has 1 aromatic heterocycles. The van der Waals surface area contributed by atoms with Crippen LogP contribution >= 0.6 is 0 Å². The van der Waals surface area contributed by atoms with E-state index in [9.17, 15) is 22.4 Å². The minimum Gasteiger partial charge on any atom is -0.379 e. The van der Waals surface area contributed by atoms with Crippen molar-refractivity contribution in [1.29, 1.82) is 0 Å². The summed E-state index contributed by atoms with van der Waals surface area (Å²) in [4.78, 5) is 28.9. The lowest BCUT2D eigenvalue weighted by molar-refractivity contribution is -0.121. The van der Waals surface area contributed by atoms with Crippen LogP contribution in [0.4, 0.5) is 4.39 Å². The predicted octanol–water partition coefficient (Wildman–Crippen LogP) is 0.737. The van der Waals surface area contributed by atoms with Gasteiger partial charge in [0.05, 0.1) is 41.1 Å². The van der Waals surface area contributed by atoms with Crippen LogP contribution in [0.15, 0.2) is 47.4 Å². The zero-order valence-electron chi connectivity index (χ0n) is 17.7. The molecular formula is C21H22FN5O5S. The molecule has 3 aromatic rings. The van der Waals surface area contributed by atoms with Gasteiger partial charge in [-0.25, -0.2) is 17.8 Å². The van der Waals surface area contributed by atoms with Crippen molar-refractivity contribution >= 4 is 32.9 Å². The molecule has 2 heterocycles. The number of hydrogen-bond acceptors (Lipinski definition) is 6. The van der Waals surface area contributed by atoms with Crippen molar-refractivity contribution in [2.45, 2.75) is 11.3 Å². The average Bonchev–Trinajstić information content (AvgIpc) is 3.13. The Balaban J connectivity index is 1.44. The van der Waals surface area contributed by atoms with Crippen molar-refractivity contribution < 1.29 is 27.1 Å². The van der Waals surface area contributed by atoms with Crippen LogP contribution in [0.25, 0.3) is 11.0 Å². The Bertz CT molecular complexity index is 1320. The van der Waals surface area contributed by atoms with Crippen LogP contribution in [0.2, 0.25) is 0 Å². The van der Waals surface area contributed by atoms with Gasteiger partial charge < -0.3 is 9.30 Å². The van der Waals surface area contributed by atoms with Crippen molar-refractivity contribution in [3.05, 3.63) is 59.7 Å². The minimum atomic E-state index is -3.92. The van der Waals surface area contributed by atoms with Gasteiger partial charge >= 0.3 is 0 Å². The van der Waals surface area contributed by atoms with E-state index in [0.717, 1.165) is 29.2 Å². The van der Waals surface area contributed by atoms with Crippen LogP contribution in [0.3, 0.4) is 0 Å². The number of morpholine rings is 1. The van der Waals surface area contributed by atoms with Crippen LogP contribution in [-0.4, -0.2) is 60.4 Å². The molecule has 0 spiro atoms. The first-order chi connectivity index (χ1) is 15.8. The first-order valence-electron chi connectivity index (χ1n) is 10.1. The van der Waals surface area contributed by atoms with Gasteiger partial charge in [0.1, 0.15) is 11.6 Å². The fourth-order valence-corrected chi connectivity index (χ4v) is 4.94. The minimum absolute atomic E-state index is 0.126. The lowest BCUT2D eigenvalue weighted by Crippen LogP contribution is -2.43. The lowest BCUT2D eigenvalue weighted by atomic mass is 10.2. The quantitative estimate of drug-likeness (QED) is 0.525. The number of nitrogens with one attached hydrogen (secondary N) is 2. The number of carbonyl (C=O) groups excluding carboxylic acids is 2. The summed E-state index contributed by atoms with van der Waals surface area (Å²) < 4.78 is 48.0. The summed E-state index contributed by atoms with van der Waals surface area (Å²) >= 11 is 0. The van der Waals surface area contributed by atoms with Crippen LogP contribution in [0, 0.1) is 5.82 Å². The Morgan fingerprint density at radius 1 is 1.12 bits per heavy atom. The van der Waals surface area contributed by atoms with E-state index < -0.39 is 33.2 Å². The molecule has 1 saturated heterocycles. The number of amides is 2. The molecular weight excluding hydrogens is 453 g/mol. The summed E-state index contributed by atoms with van der Waals surface area (Å²) in [6.07, 6.45) is -0.126. The molecule has 2 aromatic carbocycles. The number of imidazole rings is 1. The molecule has 0 radical (unpaired) electrons. The highest BCUT2D eigenvalue weighted by Crippen LogP contribution is 2.20. The second-order valence-electron chi connectivity index (χ2n) is 7.41. The van der Waals surface area contributed by atoms with Crippen LogP contribution in [-0.2, 0) is 33.0 Å². The summed E-state index contributed by atoms with van der Waals surface area (Å²) in [5.74, 6) is -1.99. The van der Waals surface area contributed by atoms with Crippen LogP contribution < -0.4 is 10.9 Å². The molecule has 0 saturated carbocycles. The molecule has 0 aliphatic carbocycles. The van der Waals surface area contributed by atoms with Gasteiger partial charge in [0, 0.05) is 20.1 Å². The Morgan fingerprint density at radius 3 is 2.58 bits per heavy atom. The fraction of sp³-hybridized carbons (Fsp3) is 0.286. The normalized spacial score (nSPS) is 14.8. The zero-order chi connectivity index (χ0) is 23.6. The molecule has 0 unspecified atom stereocenters. The number of aromatic nitrogens is 2. The highest BCUT2D eigenvalue weighted by Gasteiger charge is 2.28. The number of hydrazine groups is 1. The van der Waals surface area contributed by atoms with Gasteiger partial charge in [-0.05, 0) is 30.3 Å². The standard InChI is InChI=1S/C21H22FN5O5S/c1-26-18-5-3-2-4-17(18)23-19(26)13-20(28)24-25-21(29)15-12-14(6-7-16(15)22)33(30,31)27-8-10-32-11-9-27/h2-7,12H,8-11,13H2,1H3,(H,24,28)(H,25,29). The van der Waals surface area contributed by atoms with Crippen molar-refractivity contribution in [2.75, 3.05) is 26.3 Å². The van der Waals surface area contributed by atoms with Crippen molar-refractivity contribution in [1.82, 2.24) is 24.7 Å². The second kappa shape index (κ2) is 9.25. The number of rotatable bonds is 5. The SMILES string of the molecule is Cn1c(CC(=O)NNC(=O)c2cc(S(=O)(=O)N3CCOCC3)ccc2F)nc2ccccc21. The van der Waals surface area contributed by atoms with E-state index in [4.69, 9.17) is 4.74 Å². The van der Waals surface area contributed by atoms with Gasteiger partial charge in [-0.2, -0.15) is 4.31 Å². The first kappa shape index (κ1) is 22.8. The maximum Gasteiger partial charge on any atom is 0.272 e. The summed E-state index contributed by atoms with van der Waals surface area (Å²) in [5.41, 5.74) is 5.42. The van der Waals surface area contributed by atoms with Gasteiger partial charge in [-0.1, -0.05) is 12.1 Å². The Kier molecular flexibility index (Phi) is 6.40. The summed E-state index contributed by atoms with van der Waals surface area (Å²) in [6, 6.07) is 10.3. The van der Waals surface area contributed by atoms with E-state index in [1.807, 2.05) is 24.3 Å². The molecule has 174 valence electrons. The molecule has 1 fully saturated rings. The molecule has 33 heavy (non-hydrogen) atoms. The topological polar surface area (TPSA) is 123 Å². The summed E-state index contributed by atoms with van der Waals surface area (Å²) in [6.45, 7) is 0.843. The smallest absolute Gasteiger partial charge is 0.272 e. The third-order valence-electron chi connectivity index (χ3n) is 5.30. The third kappa shape index (κ3) is 4.72. The highest BCUT2D eigenvalue weighted by molar-refractivity contribution is 7.89. The lowest BCUT2D eigenvalue weighted by Gasteiger charge is -2.26. The van der Waals surface area contributed by atoms with Gasteiger partial charge in [0.15, 0.2) is 0 Å². The van der Waals surface area contributed by atoms with Crippen LogP contribution in [0.1, 0.15) is 16.2 Å². The number of nitrogens with zero attached hydrogens (tertiary/aromatic N) is 3. The van der Waals surface area contributed by atoms with E-state index in [2.05, 4.69) is 15.8 Å². The van der Waals surface area contributed by atoms with Crippen molar-refractivity contribution in [3.8, 4) is 0 Å². The monoisotopic (exact) mass is 475 g/mol. The second-order valence-corrected chi connectivity index (χ2v) is 9.35. The average molecular weight is 476 g/mol. The number of benzene rings is 2. The van der Waals surface area contributed by atoms with E-state index in [-0.39, 0.29) is 37.6 Å². The zero-order valence-corrected chi connectivity index (χ0v) is 18.6. The molecule has 0 atom stereocenters. The van der Waals surface area contributed by atoms with Gasteiger partial charge in [-0.15, -0.1) is 0 Å². The van der Waals surface area contributed by atoms with Crippen LogP contribution in [0.5, 0.6) is 0 Å². The molecule has 2 N–H and O–H groups in total. The Labute approximate surface area is 189 Å². The van der Waals surface area contributed by atoms with Gasteiger partial charge in [0.25, 0.3) is 5.91 Å². The predicted molar refractivity (Wildman–Crippen MR) is 116 cm³/mol. The molecule has 1 aliphatic heterocycles. The van der Waals surface area contributed by atoms with E-state index in [0.29, 0.717) is 5.82 Å². The molecule has 4 rings (SSSR count). The number of ether oxygens (including phenoxy) is 1. The Morgan fingerprint density at radius 2 is 1.85 bits per heavy atom. The molecule has 2 amide bonds. The fourth-order valence-electron chi connectivity index (χ4n) is 3.51.